The normalized spacial score (nSPS) is 56.0. The third kappa shape index (κ3) is 2.20. The lowest BCUT2D eigenvalue weighted by Gasteiger charge is -2.59. The smallest absolute Gasteiger partial charge is 0.0756 e. The van der Waals surface area contributed by atoms with Crippen LogP contribution in [0.4, 0.5) is 0 Å². The summed E-state index contributed by atoms with van der Waals surface area (Å²) in [4.78, 5) is 0. The second kappa shape index (κ2) is 4.96. The molecule has 6 aliphatic rings. The molecule has 118 valence electrons. The van der Waals surface area contributed by atoms with Crippen molar-refractivity contribution in [3.05, 3.63) is 0 Å². The third-order valence-electron chi connectivity index (χ3n) is 7.75. The molecule has 1 saturated heterocycles. The lowest BCUT2D eigenvalue weighted by molar-refractivity contribution is -0.140. The Morgan fingerprint density at radius 1 is 0.857 bits per heavy atom. The van der Waals surface area contributed by atoms with Crippen LogP contribution in [0.3, 0.4) is 0 Å². The Morgan fingerprint density at radius 2 is 1.52 bits per heavy atom. The standard InChI is InChI=1S/C19H31NO/c1-2-4-17-16(3-1)12-21-18(11-20-17)19-8-13-5-14(9-19)7-15(6-13)10-19/h13-18,20H,1-12H2. The van der Waals surface area contributed by atoms with E-state index in [0.29, 0.717) is 11.5 Å². The van der Waals surface area contributed by atoms with Gasteiger partial charge in [0.2, 0.25) is 0 Å². The summed E-state index contributed by atoms with van der Waals surface area (Å²) in [5.41, 5.74) is 0.565. The first-order valence-electron chi connectivity index (χ1n) is 9.66. The van der Waals surface area contributed by atoms with Gasteiger partial charge in [0.05, 0.1) is 12.7 Å². The second-order valence-corrected chi connectivity index (χ2v) is 9.16. The number of nitrogens with one attached hydrogen (secondary N) is 1. The highest BCUT2D eigenvalue weighted by Gasteiger charge is 2.55. The highest BCUT2D eigenvalue weighted by Crippen LogP contribution is 2.61. The summed E-state index contributed by atoms with van der Waals surface area (Å²) in [5, 5.41) is 3.93. The van der Waals surface area contributed by atoms with E-state index < -0.39 is 0 Å². The highest BCUT2D eigenvalue weighted by atomic mass is 16.5. The van der Waals surface area contributed by atoms with Crippen molar-refractivity contribution in [1.82, 2.24) is 5.32 Å². The summed E-state index contributed by atoms with van der Waals surface area (Å²) in [7, 11) is 0. The zero-order chi connectivity index (χ0) is 13.9. The molecule has 6 rings (SSSR count). The summed E-state index contributed by atoms with van der Waals surface area (Å²) in [5.74, 6) is 3.94. The maximum absolute atomic E-state index is 6.59. The van der Waals surface area contributed by atoms with Crippen LogP contribution in [0.1, 0.15) is 64.2 Å². The number of rotatable bonds is 1. The number of hydrogen-bond acceptors (Lipinski definition) is 2. The molecular formula is C19H31NO. The summed E-state index contributed by atoms with van der Waals surface area (Å²) < 4.78 is 6.59. The van der Waals surface area contributed by atoms with Crippen molar-refractivity contribution in [2.24, 2.45) is 29.1 Å². The van der Waals surface area contributed by atoms with E-state index in [1.165, 1.54) is 44.9 Å². The van der Waals surface area contributed by atoms with Crippen molar-refractivity contribution >= 4 is 0 Å². The van der Waals surface area contributed by atoms with Gasteiger partial charge in [-0.05, 0) is 80.5 Å². The molecule has 3 unspecified atom stereocenters. The van der Waals surface area contributed by atoms with E-state index in [4.69, 9.17) is 4.74 Å². The molecule has 0 radical (unpaired) electrons. The molecule has 2 nitrogen and oxygen atoms in total. The van der Waals surface area contributed by atoms with Crippen molar-refractivity contribution in [2.45, 2.75) is 76.4 Å². The summed E-state index contributed by atoms with van der Waals surface area (Å²) in [6.45, 7) is 2.19. The quantitative estimate of drug-likeness (QED) is 0.794. The Morgan fingerprint density at radius 3 is 2.24 bits per heavy atom. The minimum absolute atomic E-state index is 0.525. The number of hydrogen-bond donors (Lipinski definition) is 1. The molecule has 1 heterocycles. The van der Waals surface area contributed by atoms with Gasteiger partial charge >= 0.3 is 0 Å². The zero-order valence-electron chi connectivity index (χ0n) is 13.4. The van der Waals surface area contributed by atoms with Crippen LogP contribution in [0.25, 0.3) is 0 Å². The van der Waals surface area contributed by atoms with Crippen LogP contribution in [-0.4, -0.2) is 25.3 Å². The van der Waals surface area contributed by atoms with E-state index in [1.807, 2.05) is 0 Å². The number of ether oxygens (including phenoxy) is 1. The molecule has 4 bridgehead atoms. The molecule has 2 heteroatoms. The van der Waals surface area contributed by atoms with Gasteiger partial charge in [0.1, 0.15) is 0 Å². The predicted molar refractivity (Wildman–Crippen MR) is 84.1 cm³/mol. The van der Waals surface area contributed by atoms with Crippen molar-refractivity contribution < 1.29 is 4.74 Å². The molecule has 6 fully saturated rings. The summed E-state index contributed by atoms with van der Waals surface area (Å²) in [6.07, 6.45) is 15.3. The van der Waals surface area contributed by atoms with Gasteiger partial charge in [-0.15, -0.1) is 0 Å². The Bertz CT molecular complexity index is 355. The van der Waals surface area contributed by atoms with Crippen LogP contribution in [0.15, 0.2) is 0 Å². The average molecular weight is 289 g/mol. The van der Waals surface area contributed by atoms with E-state index in [9.17, 15) is 0 Å². The Labute approximate surface area is 129 Å². The van der Waals surface area contributed by atoms with E-state index in [1.54, 1.807) is 19.3 Å². The van der Waals surface area contributed by atoms with Crippen molar-refractivity contribution in [2.75, 3.05) is 13.2 Å². The lowest BCUT2D eigenvalue weighted by Crippen LogP contribution is -2.54. The van der Waals surface area contributed by atoms with Crippen LogP contribution in [0, 0.1) is 29.1 Å². The van der Waals surface area contributed by atoms with Crippen molar-refractivity contribution in [1.29, 1.82) is 0 Å². The molecule has 5 aliphatic carbocycles. The van der Waals surface area contributed by atoms with Gasteiger partial charge < -0.3 is 10.1 Å². The maximum atomic E-state index is 6.59. The van der Waals surface area contributed by atoms with Crippen LogP contribution in [0.2, 0.25) is 0 Å². The van der Waals surface area contributed by atoms with Gasteiger partial charge in [-0.3, -0.25) is 0 Å². The van der Waals surface area contributed by atoms with Gasteiger partial charge in [0.25, 0.3) is 0 Å². The van der Waals surface area contributed by atoms with Gasteiger partial charge in [0.15, 0.2) is 0 Å². The summed E-state index contributed by atoms with van der Waals surface area (Å²) >= 11 is 0. The molecule has 0 amide bonds. The molecule has 5 saturated carbocycles. The molecule has 0 aromatic heterocycles. The Balaban J connectivity index is 1.35. The van der Waals surface area contributed by atoms with E-state index in [2.05, 4.69) is 5.32 Å². The summed E-state index contributed by atoms with van der Waals surface area (Å²) in [6, 6.07) is 0.762. The van der Waals surface area contributed by atoms with Gasteiger partial charge in [-0.1, -0.05) is 12.8 Å². The average Bonchev–Trinajstić information content (AvgIpc) is 2.68. The highest BCUT2D eigenvalue weighted by molar-refractivity contribution is 5.06. The van der Waals surface area contributed by atoms with Gasteiger partial charge in [-0.25, -0.2) is 0 Å². The fraction of sp³-hybridized carbons (Fsp3) is 1.00. The fourth-order valence-electron chi connectivity index (χ4n) is 7.20. The van der Waals surface area contributed by atoms with Crippen LogP contribution in [0.5, 0.6) is 0 Å². The maximum Gasteiger partial charge on any atom is 0.0756 e. The molecular weight excluding hydrogens is 258 g/mol. The minimum atomic E-state index is 0.525. The molecule has 0 aromatic carbocycles. The zero-order valence-corrected chi connectivity index (χ0v) is 13.4. The third-order valence-corrected chi connectivity index (χ3v) is 7.75. The van der Waals surface area contributed by atoms with Crippen LogP contribution < -0.4 is 5.32 Å². The van der Waals surface area contributed by atoms with Gasteiger partial charge in [-0.2, -0.15) is 0 Å². The Kier molecular flexibility index (Phi) is 3.16. The number of fused-ring (bicyclic) bond motifs is 1. The minimum Gasteiger partial charge on any atom is -0.376 e. The molecule has 3 atom stereocenters. The first kappa shape index (κ1) is 13.4. The second-order valence-electron chi connectivity index (χ2n) is 9.16. The monoisotopic (exact) mass is 289 g/mol. The first-order chi connectivity index (χ1) is 10.3. The van der Waals surface area contributed by atoms with Crippen molar-refractivity contribution in [3.63, 3.8) is 0 Å². The first-order valence-corrected chi connectivity index (χ1v) is 9.66. The molecule has 1 aliphatic heterocycles. The molecule has 0 spiro atoms. The van der Waals surface area contributed by atoms with E-state index >= 15 is 0 Å². The van der Waals surface area contributed by atoms with Gasteiger partial charge in [0, 0.05) is 12.6 Å². The van der Waals surface area contributed by atoms with E-state index in [0.717, 1.165) is 42.9 Å². The topological polar surface area (TPSA) is 21.3 Å². The Hall–Kier alpha value is -0.0800. The SMILES string of the molecule is C1CCC2NCC(C34CC5CC(CC(C5)C3)C4)OCC2C1. The predicted octanol–water partition coefficient (Wildman–Crippen LogP) is 3.75. The van der Waals surface area contributed by atoms with Crippen LogP contribution in [-0.2, 0) is 4.74 Å². The lowest BCUT2D eigenvalue weighted by atomic mass is 9.48. The van der Waals surface area contributed by atoms with Crippen LogP contribution >= 0.6 is 0 Å². The van der Waals surface area contributed by atoms with E-state index in [-0.39, 0.29) is 0 Å². The molecule has 0 aromatic rings. The molecule has 1 N–H and O–H groups in total. The molecule has 21 heavy (non-hydrogen) atoms. The fourth-order valence-corrected chi connectivity index (χ4v) is 7.20. The van der Waals surface area contributed by atoms with Crippen molar-refractivity contribution in [3.8, 4) is 0 Å². The largest absolute Gasteiger partial charge is 0.376 e.